The van der Waals surface area contributed by atoms with Gasteiger partial charge in [0.15, 0.2) is 0 Å². The van der Waals surface area contributed by atoms with E-state index in [-0.39, 0.29) is 16.7 Å². The molecule has 1 atom stereocenters. The molecule has 12 rings (SSSR count). The van der Waals surface area contributed by atoms with E-state index in [4.69, 9.17) is 0 Å². The van der Waals surface area contributed by atoms with Gasteiger partial charge in [-0.1, -0.05) is 191 Å². The van der Waals surface area contributed by atoms with Crippen molar-refractivity contribution < 1.29 is 0 Å². The minimum Gasteiger partial charge on any atom is -0.310 e. The second-order valence-electron chi connectivity index (χ2n) is 18.8. The summed E-state index contributed by atoms with van der Waals surface area (Å²) in [6.07, 6.45) is 0.913. The van der Waals surface area contributed by atoms with Crippen LogP contribution in [0.2, 0.25) is 0 Å². The van der Waals surface area contributed by atoms with Gasteiger partial charge in [0.05, 0.1) is 5.69 Å². The molecule has 0 aromatic heterocycles. The van der Waals surface area contributed by atoms with Crippen molar-refractivity contribution in [3.63, 3.8) is 0 Å². The molecular formula is C62H49N. The number of benzene rings is 10. The third-order valence-electron chi connectivity index (χ3n) is 14.6. The zero-order chi connectivity index (χ0) is 42.5. The lowest BCUT2D eigenvalue weighted by atomic mass is 9.78. The Hall–Kier alpha value is -7.22. The minimum absolute atomic E-state index is 0.189. The van der Waals surface area contributed by atoms with E-state index in [0.717, 1.165) is 12.1 Å². The lowest BCUT2D eigenvalue weighted by Crippen LogP contribution is -2.18. The average Bonchev–Trinajstić information content (AvgIpc) is 3.69. The molecule has 1 unspecified atom stereocenters. The van der Waals surface area contributed by atoms with Crippen molar-refractivity contribution in [2.45, 2.75) is 50.9 Å². The summed E-state index contributed by atoms with van der Waals surface area (Å²) in [6, 6.07) is 77.2. The van der Waals surface area contributed by atoms with E-state index < -0.39 is 0 Å². The first kappa shape index (κ1) is 37.5. The second-order valence-corrected chi connectivity index (χ2v) is 18.8. The summed E-state index contributed by atoms with van der Waals surface area (Å²) >= 11 is 0. The molecule has 0 bridgehead atoms. The van der Waals surface area contributed by atoms with Crippen LogP contribution in [0.5, 0.6) is 0 Å². The molecule has 10 aromatic carbocycles. The molecule has 0 saturated heterocycles. The van der Waals surface area contributed by atoms with Crippen LogP contribution < -0.4 is 4.90 Å². The predicted octanol–water partition coefficient (Wildman–Crippen LogP) is 16.6. The van der Waals surface area contributed by atoms with Gasteiger partial charge in [-0.3, -0.25) is 0 Å². The van der Waals surface area contributed by atoms with Gasteiger partial charge < -0.3 is 4.90 Å². The van der Waals surface area contributed by atoms with Crippen LogP contribution in [-0.2, 0) is 17.3 Å². The van der Waals surface area contributed by atoms with Crippen LogP contribution in [0, 0.1) is 0 Å². The molecule has 0 saturated carbocycles. The highest BCUT2D eigenvalue weighted by Crippen LogP contribution is 2.58. The summed E-state index contributed by atoms with van der Waals surface area (Å²) in [5.41, 5.74) is 18.4. The normalized spacial score (nSPS) is 14.6. The molecule has 0 fully saturated rings. The fourth-order valence-electron chi connectivity index (χ4n) is 11.5. The summed E-state index contributed by atoms with van der Waals surface area (Å²) in [5, 5.41) is 7.80. The summed E-state index contributed by atoms with van der Waals surface area (Å²) in [4.78, 5) is 2.44. The zero-order valence-corrected chi connectivity index (χ0v) is 36.4. The van der Waals surface area contributed by atoms with Crippen molar-refractivity contribution in [3.05, 3.63) is 245 Å². The molecular weight excluding hydrogens is 759 g/mol. The number of nitrogens with zero attached hydrogens (tertiary/aromatic N) is 1. The maximum Gasteiger partial charge on any atom is 0.0540 e. The van der Waals surface area contributed by atoms with Gasteiger partial charge in [0.2, 0.25) is 0 Å². The van der Waals surface area contributed by atoms with E-state index in [1.54, 1.807) is 0 Å². The largest absolute Gasteiger partial charge is 0.310 e. The molecule has 0 radical (unpaired) electrons. The zero-order valence-electron chi connectivity index (χ0n) is 36.4. The van der Waals surface area contributed by atoms with Crippen LogP contribution in [0.4, 0.5) is 17.1 Å². The van der Waals surface area contributed by atoms with E-state index in [9.17, 15) is 0 Å². The van der Waals surface area contributed by atoms with Gasteiger partial charge in [-0.25, -0.2) is 0 Å². The van der Waals surface area contributed by atoms with Crippen LogP contribution in [-0.4, -0.2) is 0 Å². The Morgan fingerprint density at radius 3 is 1.71 bits per heavy atom. The molecule has 0 aliphatic heterocycles. The Labute approximate surface area is 370 Å². The molecule has 0 heterocycles. The first-order valence-corrected chi connectivity index (χ1v) is 22.5. The third kappa shape index (κ3) is 5.76. The van der Waals surface area contributed by atoms with Gasteiger partial charge in [-0.05, 0) is 137 Å². The molecule has 2 aliphatic carbocycles. The van der Waals surface area contributed by atoms with E-state index >= 15 is 0 Å². The number of rotatable bonds is 7. The topological polar surface area (TPSA) is 3.24 Å². The van der Waals surface area contributed by atoms with Gasteiger partial charge in [-0.15, -0.1) is 0 Å². The molecule has 1 nitrogen and oxygen atoms in total. The molecule has 63 heavy (non-hydrogen) atoms. The van der Waals surface area contributed by atoms with Crippen molar-refractivity contribution >= 4 is 49.4 Å². The average molecular weight is 808 g/mol. The van der Waals surface area contributed by atoms with Gasteiger partial charge in [0, 0.05) is 33.5 Å². The van der Waals surface area contributed by atoms with Crippen LogP contribution in [0.25, 0.3) is 54.6 Å². The number of anilines is 3. The lowest BCUT2D eigenvalue weighted by Gasteiger charge is -2.29. The summed E-state index contributed by atoms with van der Waals surface area (Å²) in [7, 11) is 0. The smallest absolute Gasteiger partial charge is 0.0540 e. The highest BCUT2D eigenvalue weighted by Gasteiger charge is 2.43. The van der Waals surface area contributed by atoms with Gasteiger partial charge in [0.25, 0.3) is 0 Å². The SMILES string of the molecule is CC1(C)c2cc(N(c3ccccc3)c3cccc4ccccc34)ccc2-c2cc3c(cc21)-c1c(cc(CC(c2ccccc2)c2cccc4ccccc24)c2ccccc12)C3(C)C. The van der Waals surface area contributed by atoms with Crippen molar-refractivity contribution in [2.75, 3.05) is 4.90 Å². The highest BCUT2D eigenvalue weighted by molar-refractivity contribution is 6.05. The minimum atomic E-state index is -0.208. The molecule has 0 amide bonds. The fourth-order valence-corrected chi connectivity index (χ4v) is 11.5. The molecule has 0 spiro atoms. The molecule has 10 aromatic rings. The van der Waals surface area contributed by atoms with Gasteiger partial charge in [-0.2, -0.15) is 0 Å². The quantitative estimate of drug-likeness (QED) is 0.155. The van der Waals surface area contributed by atoms with E-state index in [1.807, 2.05) is 0 Å². The highest BCUT2D eigenvalue weighted by atomic mass is 15.1. The van der Waals surface area contributed by atoms with Crippen molar-refractivity contribution in [2.24, 2.45) is 0 Å². The van der Waals surface area contributed by atoms with Crippen LogP contribution >= 0.6 is 0 Å². The standard InChI is InChI=1S/C62H49N/c1-61(2)55-37-45(63(44-25-9-6-10-26-44)59-32-18-24-41-22-12-14-29-48(41)59)33-34-50(55)53-38-57-54(39-56(53)61)60-51-30-16-15-28-47(51)43(36-58(60)62(57,3)4)35-52(42-19-7-5-8-20-42)49-31-17-23-40-21-11-13-27-46(40)49/h5-34,36-39,52H,35H2,1-4H3. The molecule has 2 aliphatic rings. The van der Waals surface area contributed by atoms with Crippen molar-refractivity contribution in [1.82, 2.24) is 0 Å². The van der Waals surface area contributed by atoms with Crippen molar-refractivity contribution in [1.29, 1.82) is 0 Å². The lowest BCUT2D eigenvalue weighted by molar-refractivity contribution is 0.651. The van der Waals surface area contributed by atoms with Crippen LogP contribution in [0.1, 0.15) is 72.6 Å². The maximum absolute atomic E-state index is 2.58. The number of hydrogen-bond acceptors (Lipinski definition) is 1. The Morgan fingerprint density at radius 1 is 0.397 bits per heavy atom. The fraction of sp³-hybridized carbons (Fsp3) is 0.129. The first-order valence-electron chi connectivity index (χ1n) is 22.5. The van der Waals surface area contributed by atoms with Gasteiger partial charge >= 0.3 is 0 Å². The summed E-state index contributed by atoms with van der Waals surface area (Å²) in [5.74, 6) is 0.204. The Kier molecular flexibility index (Phi) is 8.44. The first-order chi connectivity index (χ1) is 30.8. The molecule has 0 N–H and O–H groups in total. The molecule has 302 valence electrons. The van der Waals surface area contributed by atoms with Crippen LogP contribution in [0.3, 0.4) is 0 Å². The van der Waals surface area contributed by atoms with Crippen LogP contribution in [0.15, 0.2) is 206 Å². The maximum atomic E-state index is 2.58. The Morgan fingerprint density at radius 2 is 0.952 bits per heavy atom. The van der Waals surface area contributed by atoms with Crippen molar-refractivity contribution in [3.8, 4) is 22.3 Å². The second kappa shape index (κ2) is 14.2. The number of fused-ring (bicyclic) bond motifs is 10. The summed E-state index contributed by atoms with van der Waals surface area (Å²) in [6.45, 7) is 9.76. The van der Waals surface area contributed by atoms with E-state index in [2.05, 4.69) is 239 Å². The molecule has 1 heteroatoms. The predicted molar refractivity (Wildman–Crippen MR) is 267 cm³/mol. The summed E-state index contributed by atoms with van der Waals surface area (Å²) < 4.78 is 0. The van der Waals surface area contributed by atoms with E-state index in [1.165, 1.54) is 105 Å². The third-order valence-corrected chi connectivity index (χ3v) is 14.6. The van der Waals surface area contributed by atoms with Gasteiger partial charge in [0.1, 0.15) is 0 Å². The Bertz CT molecular complexity index is 3420. The Balaban J connectivity index is 0.994. The number of para-hydroxylation sites is 1. The monoisotopic (exact) mass is 807 g/mol. The number of hydrogen-bond donors (Lipinski definition) is 0. The van der Waals surface area contributed by atoms with E-state index in [0.29, 0.717) is 0 Å².